The average molecular weight is 793 g/mol. The topological polar surface area (TPSA) is 124 Å². The first-order valence-corrected chi connectivity index (χ1v) is 20.2. The van der Waals surface area contributed by atoms with Crippen molar-refractivity contribution < 1.29 is 46.4 Å². The minimum Gasteiger partial charge on any atom is -0.496 e. The van der Waals surface area contributed by atoms with Crippen molar-refractivity contribution in [1.82, 2.24) is 4.90 Å². The Kier molecular flexibility index (Phi) is 14.7. The van der Waals surface area contributed by atoms with Gasteiger partial charge in [-0.15, -0.1) is 0 Å². The number of methoxy groups -OCH3 is 1. The van der Waals surface area contributed by atoms with Crippen LogP contribution >= 0.6 is 0 Å². The number of aryl methyl sites for hydroxylation is 1. The number of amides is 1. The van der Waals surface area contributed by atoms with Crippen LogP contribution in [0.2, 0.25) is 0 Å². The van der Waals surface area contributed by atoms with Crippen LogP contribution in [-0.4, -0.2) is 88.9 Å². The zero-order valence-electron chi connectivity index (χ0n) is 32.7. The van der Waals surface area contributed by atoms with Crippen LogP contribution in [0, 0.1) is 12.7 Å². The number of carbonyl (C=O) groups is 1. The van der Waals surface area contributed by atoms with E-state index in [9.17, 15) is 18.3 Å². The molecule has 5 rings (SSSR count). The van der Waals surface area contributed by atoms with E-state index >= 15 is 4.39 Å². The third-order valence-electron chi connectivity index (χ3n) is 9.28. The van der Waals surface area contributed by atoms with Crippen molar-refractivity contribution in [3.05, 3.63) is 120 Å². The zero-order valence-corrected chi connectivity index (χ0v) is 33.5. The number of para-hydroxylation sites is 2. The third kappa shape index (κ3) is 11.7. The lowest BCUT2D eigenvalue weighted by molar-refractivity contribution is -0.0528. The van der Waals surface area contributed by atoms with E-state index < -0.39 is 46.3 Å². The smallest absolute Gasteiger partial charge is 0.410 e. The molecule has 3 atom stereocenters. The Morgan fingerprint density at radius 3 is 2.36 bits per heavy atom. The first-order valence-electron chi connectivity index (χ1n) is 18.8. The zero-order chi connectivity index (χ0) is 40.3. The first kappa shape index (κ1) is 42.5. The molecule has 56 heavy (non-hydrogen) atoms. The Morgan fingerprint density at radius 1 is 0.964 bits per heavy atom. The average Bonchev–Trinajstić information content (AvgIpc) is 3.17. The lowest BCUT2D eigenvalue weighted by atomic mass is 9.87. The number of nitrogens with zero attached hydrogens (tertiary/aromatic N) is 2. The Labute approximate surface area is 330 Å². The van der Waals surface area contributed by atoms with Crippen molar-refractivity contribution >= 4 is 21.8 Å². The maximum absolute atomic E-state index is 15.1. The van der Waals surface area contributed by atoms with E-state index in [0.29, 0.717) is 45.0 Å². The van der Waals surface area contributed by atoms with Gasteiger partial charge in [-0.2, -0.15) is 0 Å². The molecule has 3 unspecified atom stereocenters. The second-order valence-electron chi connectivity index (χ2n) is 14.8. The summed E-state index contributed by atoms with van der Waals surface area (Å²) in [6.45, 7) is 8.51. The minimum absolute atomic E-state index is 0.0373. The highest BCUT2D eigenvalue weighted by Gasteiger charge is 2.36. The Hall–Kier alpha value is -4.69. The number of hydrogen-bond donors (Lipinski definition) is 1. The summed E-state index contributed by atoms with van der Waals surface area (Å²) in [5.41, 5.74) is 1.91. The number of halogens is 1. The summed E-state index contributed by atoms with van der Waals surface area (Å²) in [6.07, 6.45) is -1.16. The van der Waals surface area contributed by atoms with Crippen molar-refractivity contribution in [3.8, 4) is 11.5 Å². The van der Waals surface area contributed by atoms with Crippen LogP contribution in [0.25, 0.3) is 0 Å². The fourth-order valence-electron chi connectivity index (χ4n) is 6.42. The summed E-state index contributed by atoms with van der Waals surface area (Å²) in [7, 11) is -2.63. The molecule has 4 aromatic rings. The molecule has 0 aromatic heterocycles. The van der Waals surface area contributed by atoms with Crippen LogP contribution in [0.5, 0.6) is 11.5 Å². The molecule has 0 aliphatic carbocycles. The largest absolute Gasteiger partial charge is 0.496 e. The number of ether oxygens (including phenoxy) is 5. The first-order chi connectivity index (χ1) is 26.7. The molecule has 302 valence electrons. The number of piperidine rings is 1. The SMILES string of the molecule is COc1ccccc1COCCCOc1ccc(C2CCN(C(=O)OC(C)(C)C)CC2OCC(O)CN(c2ccccc2F)S(=O)(=O)c2ccc(C)cc2)cc1. The highest BCUT2D eigenvalue weighted by atomic mass is 32.2. The van der Waals surface area contributed by atoms with E-state index in [1.165, 1.54) is 36.4 Å². The number of aliphatic hydroxyl groups is 1. The maximum atomic E-state index is 15.1. The van der Waals surface area contributed by atoms with Gasteiger partial charge in [-0.3, -0.25) is 4.31 Å². The number of likely N-dealkylation sites (tertiary alicyclic amines) is 1. The molecule has 11 nitrogen and oxygen atoms in total. The fraction of sp³-hybridized carbons (Fsp3) is 0.419. The Morgan fingerprint density at radius 2 is 1.66 bits per heavy atom. The van der Waals surface area contributed by atoms with Gasteiger partial charge in [0, 0.05) is 24.4 Å². The van der Waals surface area contributed by atoms with Crippen LogP contribution in [0.15, 0.2) is 102 Å². The number of carbonyl (C=O) groups excluding carboxylic acids is 1. The molecule has 1 heterocycles. The van der Waals surface area contributed by atoms with Crippen molar-refractivity contribution in [2.24, 2.45) is 0 Å². The van der Waals surface area contributed by atoms with Crippen LogP contribution in [0.1, 0.15) is 56.2 Å². The molecule has 1 fully saturated rings. The summed E-state index contributed by atoms with van der Waals surface area (Å²) in [6, 6.07) is 27.2. The summed E-state index contributed by atoms with van der Waals surface area (Å²) >= 11 is 0. The molecule has 1 aliphatic heterocycles. The fourth-order valence-corrected chi connectivity index (χ4v) is 7.93. The molecular formula is C43H53FN2O9S. The number of anilines is 1. The summed E-state index contributed by atoms with van der Waals surface area (Å²) in [4.78, 5) is 14.7. The highest BCUT2D eigenvalue weighted by molar-refractivity contribution is 7.92. The molecule has 1 N–H and O–H groups in total. The maximum Gasteiger partial charge on any atom is 0.410 e. The van der Waals surface area contributed by atoms with Crippen molar-refractivity contribution in [2.75, 3.05) is 50.9 Å². The number of aliphatic hydroxyl groups excluding tert-OH is 1. The lowest BCUT2D eigenvalue weighted by Gasteiger charge is -2.39. The number of benzene rings is 4. The second-order valence-corrected chi connectivity index (χ2v) is 16.6. The quantitative estimate of drug-likeness (QED) is 0.108. The molecular weight excluding hydrogens is 740 g/mol. The van der Waals surface area contributed by atoms with Crippen LogP contribution in [0.3, 0.4) is 0 Å². The molecule has 1 aliphatic rings. The van der Waals surface area contributed by atoms with Gasteiger partial charge in [0.1, 0.15) is 22.9 Å². The van der Waals surface area contributed by atoms with Crippen molar-refractivity contribution in [1.29, 1.82) is 0 Å². The molecule has 4 aromatic carbocycles. The number of hydrogen-bond acceptors (Lipinski definition) is 9. The van der Waals surface area contributed by atoms with E-state index in [0.717, 1.165) is 26.7 Å². The standard InChI is InChI=1S/C43H53FN2O9S/c1-31-15-21-36(22-16-31)56(49,50)46(39-13-8-7-12-38(39)44)27-34(47)30-54-41-28-45(42(48)55-43(2,3)4)24-23-37(41)32-17-19-35(20-18-32)53-26-10-25-52-29-33-11-6-9-14-40(33)51-5/h6-9,11-22,34,37,41,47H,10,23-30H2,1-5H3. The predicted octanol–water partition coefficient (Wildman–Crippen LogP) is 7.49. The van der Waals surface area contributed by atoms with Gasteiger partial charge >= 0.3 is 6.09 Å². The van der Waals surface area contributed by atoms with E-state index in [4.69, 9.17) is 23.7 Å². The summed E-state index contributed by atoms with van der Waals surface area (Å²) < 4.78 is 72.8. The Bertz CT molecular complexity index is 1970. The van der Waals surface area contributed by atoms with E-state index in [-0.39, 0.29) is 29.7 Å². The van der Waals surface area contributed by atoms with Gasteiger partial charge in [-0.05, 0) is 82.1 Å². The molecule has 0 saturated carbocycles. The van der Waals surface area contributed by atoms with Gasteiger partial charge in [0.2, 0.25) is 0 Å². The number of rotatable bonds is 17. The van der Waals surface area contributed by atoms with E-state index in [1.807, 2.05) is 55.5 Å². The van der Waals surface area contributed by atoms with Crippen LogP contribution in [-0.2, 0) is 30.8 Å². The van der Waals surface area contributed by atoms with E-state index in [2.05, 4.69) is 0 Å². The number of sulfonamides is 1. The van der Waals surface area contributed by atoms with Gasteiger partial charge in [0.05, 0.1) is 69.4 Å². The van der Waals surface area contributed by atoms with Crippen molar-refractivity contribution in [2.45, 2.75) is 75.8 Å². The van der Waals surface area contributed by atoms with Gasteiger partial charge in [0.25, 0.3) is 10.0 Å². The molecule has 0 radical (unpaired) electrons. The van der Waals surface area contributed by atoms with E-state index in [1.54, 1.807) is 44.9 Å². The van der Waals surface area contributed by atoms with Crippen LogP contribution in [0.4, 0.5) is 14.9 Å². The summed E-state index contributed by atoms with van der Waals surface area (Å²) in [5.74, 6) is 0.568. The van der Waals surface area contributed by atoms with Crippen molar-refractivity contribution in [3.63, 3.8) is 0 Å². The van der Waals surface area contributed by atoms with Gasteiger partial charge < -0.3 is 33.7 Å². The normalized spacial score (nSPS) is 16.6. The lowest BCUT2D eigenvalue weighted by Crippen LogP contribution is -2.49. The predicted molar refractivity (Wildman–Crippen MR) is 212 cm³/mol. The highest BCUT2D eigenvalue weighted by Crippen LogP contribution is 2.33. The molecule has 0 bridgehead atoms. The third-order valence-corrected chi connectivity index (χ3v) is 11.1. The molecule has 13 heteroatoms. The monoisotopic (exact) mass is 792 g/mol. The molecule has 1 saturated heterocycles. The summed E-state index contributed by atoms with van der Waals surface area (Å²) in [5, 5.41) is 11.3. The Balaban J connectivity index is 1.24. The van der Waals surface area contributed by atoms with Gasteiger partial charge in [-0.25, -0.2) is 17.6 Å². The van der Waals surface area contributed by atoms with Gasteiger partial charge in [0.15, 0.2) is 0 Å². The molecule has 0 spiro atoms. The van der Waals surface area contributed by atoms with Crippen LogP contribution < -0.4 is 13.8 Å². The minimum atomic E-state index is -4.27. The second kappa shape index (κ2) is 19.4. The molecule has 1 amide bonds. The van der Waals surface area contributed by atoms with Gasteiger partial charge in [-0.1, -0.05) is 60.2 Å².